The summed E-state index contributed by atoms with van der Waals surface area (Å²) in [5.74, 6) is 0. The van der Waals surface area contributed by atoms with Crippen molar-refractivity contribution in [2.75, 3.05) is 6.61 Å². The van der Waals surface area contributed by atoms with E-state index in [1.165, 1.54) is 18.4 Å². The molecule has 0 spiro atoms. The molecule has 0 heterocycles. The summed E-state index contributed by atoms with van der Waals surface area (Å²) in [5.41, 5.74) is 1.30. The van der Waals surface area contributed by atoms with Crippen LogP contribution in [0.2, 0.25) is 0 Å². The molecule has 0 aromatic rings. The molecular weight excluding hydrogens is 140 g/mol. The van der Waals surface area contributed by atoms with Crippen LogP contribution in [0.25, 0.3) is 0 Å². The number of ether oxygens (including phenoxy) is 1. The Morgan fingerprint density at radius 3 is 2.82 bits per heavy atom. The Labute approximate surface area is 68.2 Å². The Morgan fingerprint density at radius 1 is 1.55 bits per heavy atom. The molecule has 0 rings (SSSR count). The Balaban J connectivity index is 3.37. The SMILES string of the molecule is CCCC/C(C)=C/COC=O. The lowest BCUT2D eigenvalue weighted by molar-refractivity contribution is -0.127. The van der Waals surface area contributed by atoms with Gasteiger partial charge in [-0.25, -0.2) is 0 Å². The largest absolute Gasteiger partial charge is 0.464 e. The van der Waals surface area contributed by atoms with Gasteiger partial charge < -0.3 is 4.74 Å². The Hall–Kier alpha value is -0.790. The van der Waals surface area contributed by atoms with Crippen LogP contribution in [0.1, 0.15) is 33.1 Å². The van der Waals surface area contributed by atoms with E-state index in [1.807, 2.05) is 6.08 Å². The lowest BCUT2D eigenvalue weighted by atomic mass is 10.1. The number of allylic oxidation sites excluding steroid dienone is 1. The Morgan fingerprint density at radius 2 is 2.27 bits per heavy atom. The number of hydrogen-bond acceptors (Lipinski definition) is 2. The molecule has 0 unspecified atom stereocenters. The van der Waals surface area contributed by atoms with Gasteiger partial charge in [0.25, 0.3) is 6.47 Å². The first-order valence-corrected chi connectivity index (χ1v) is 4.02. The highest BCUT2D eigenvalue weighted by atomic mass is 16.5. The maximum absolute atomic E-state index is 9.75. The number of carbonyl (C=O) groups is 1. The smallest absolute Gasteiger partial charge is 0.293 e. The molecule has 0 fully saturated rings. The van der Waals surface area contributed by atoms with E-state index in [0.29, 0.717) is 13.1 Å². The second kappa shape index (κ2) is 7.32. The average molecular weight is 156 g/mol. The number of hydrogen-bond donors (Lipinski definition) is 0. The summed E-state index contributed by atoms with van der Waals surface area (Å²) < 4.78 is 4.53. The highest BCUT2D eigenvalue weighted by Gasteiger charge is 1.87. The van der Waals surface area contributed by atoms with E-state index < -0.39 is 0 Å². The molecular formula is C9H16O2. The fraction of sp³-hybridized carbons (Fsp3) is 0.667. The predicted octanol–water partition coefficient (Wildman–Crippen LogP) is 2.30. The predicted molar refractivity (Wildman–Crippen MR) is 45.3 cm³/mol. The second-order valence-electron chi connectivity index (χ2n) is 2.58. The minimum absolute atomic E-state index is 0.416. The van der Waals surface area contributed by atoms with Gasteiger partial charge in [0.2, 0.25) is 0 Å². The maximum atomic E-state index is 9.75. The zero-order chi connectivity index (χ0) is 8.53. The molecule has 0 aromatic carbocycles. The first-order valence-electron chi connectivity index (χ1n) is 4.02. The van der Waals surface area contributed by atoms with Crippen molar-refractivity contribution in [3.63, 3.8) is 0 Å². The molecule has 0 bridgehead atoms. The minimum Gasteiger partial charge on any atom is -0.464 e. The third kappa shape index (κ3) is 7.10. The van der Waals surface area contributed by atoms with Crippen molar-refractivity contribution in [2.45, 2.75) is 33.1 Å². The average Bonchev–Trinajstić information content (AvgIpc) is 2.01. The summed E-state index contributed by atoms with van der Waals surface area (Å²) in [4.78, 5) is 9.75. The molecule has 0 amide bonds. The van der Waals surface area contributed by atoms with Gasteiger partial charge in [-0.05, 0) is 25.8 Å². The van der Waals surface area contributed by atoms with Gasteiger partial charge in [-0.2, -0.15) is 0 Å². The highest BCUT2D eigenvalue weighted by molar-refractivity contribution is 5.37. The van der Waals surface area contributed by atoms with E-state index >= 15 is 0 Å². The molecule has 0 N–H and O–H groups in total. The molecule has 0 atom stereocenters. The first-order chi connectivity index (χ1) is 5.31. The topological polar surface area (TPSA) is 26.3 Å². The Kier molecular flexibility index (Phi) is 6.79. The molecule has 0 saturated carbocycles. The molecule has 64 valence electrons. The fourth-order valence-corrected chi connectivity index (χ4v) is 0.787. The molecule has 2 nitrogen and oxygen atoms in total. The highest BCUT2D eigenvalue weighted by Crippen LogP contribution is 2.04. The van der Waals surface area contributed by atoms with Crippen molar-refractivity contribution in [3.8, 4) is 0 Å². The van der Waals surface area contributed by atoms with Gasteiger partial charge in [-0.3, -0.25) is 4.79 Å². The second-order valence-corrected chi connectivity index (χ2v) is 2.58. The monoisotopic (exact) mass is 156 g/mol. The molecule has 2 heteroatoms. The van der Waals surface area contributed by atoms with Crippen molar-refractivity contribution in [3.05, 3.63) is 11.6 Å². The zero-order valence-corrected chi connectivity index (χ0v) is 7.30. The van der Waals surface area contributed by atoms with Crippen molar-refractivity contribution >= 4 is 6.47 Å². The summed E-state index contributed by atoms with van der Waals surface area (Å²) in [5, 5.41) is 0. The van der Waals surface area contributed by atoms with E-state index in [0.717, 1.165) is 6.42 Å². The van der Waals surface area contributed by atoms with Gasteiger partial charge >= 0.3 is 0 Å². The number of unbranched alkanes of at least 4 members (excludes halogenated alkanes) is 1. The van der Waals surface area contributed by atoms with Crippen LogP contribution in [-0.2, 0) is 9.53 Å². The van der Waals surface area contributed by atoms with Gasteiger partial charge in [-0.15, -0.1) is 0 Å². The lowest BCUT2D eigenvalue weighted by Gasteiger charge is -1.98. The normalized spacial score (nSPS) is 11.3. The molecule has 0 aromatic heterocycles. The molecule has 0 aliphatic heterocycles. The third-order valence-corrected chi connectivity index (χ3v) is 1.52. The molecule has 0 aliphatic rings. The van der Waals surface area contributed by atoms with Gasteiger partial charge in [-0.1, -0.05) is 18.9 Å². The molecule has 0 radical (unpaired) electrons. The molecule has 0 saturated heterocycles. The summed E-state index contributed by atoms with van der Waals surface area (Å²) in [7, 11) is 0. The Bertz CT molecular complexity index is 128. The quantitative estimate of drug-likeness (QED) is 0.335. The van der Waals surface area contributed by atoms with E-state index in [4.69, 9.17) is 0 Å². The van der Waals surface area contributed by atoms with Crippen LogP contribution in [0.4, 0.5) is 0 Å². The molecule has 11 heavy (non-hydrogen) atoms. The van der Waals surface area contributed by atoms with Gasteiger partial charge in [0.05, 0.1) is 0 Å². The van der Waals surface area contributed by atoms with Crippen LogP contribution in [-0.4, -0.2) is 13.1 Å². The summed E-state index contributed by atoms with van der Waals surface area (Å²) in [6.45, 7) is 5.11. The van der Waals surface area contributed by atoms with E-state index in [2.05, 4.69) is 18.6 Å². The van der Waals surface area contributed by atoms with Crippen LogP contribution < -0.4 is 0 Å². The minimum atomic E-state index is 0.416. The van der Waals surface area contributed by atoms with E-state index in [-0.39, 0.29) is 0 Å². The number of rotatable bonds is 6. The van der Waals surface area contributed by atoms with Crippen molar-refractivity contribution in [2.24, 2.45) is 0 Å². The number of carbonyl (C=O) groups excluding carboxylic acids is 1. The van der Waals surface area contributed by atoms with E-state index in [9.17, 15) is 4.79 Å². The third-order valence-electron chi connectivity index (χ3n) is 1.52. The first kappa shape index (κ1) is 10.2. The summed E-state index contributed by atoms with van der Waals surface area (Å²) in [6, 6.07) is 0. The van der Waals surface area contributed by atoms with Gasteiger partial charge in [0, 0.05) is 0 Å². The standard InChI is InChI=1S/C9H16O2/c1-3-4-5-9(2)6-7-11-8-10/h6,8H,3-5,7H2,1-2H3/b9-6+. The lowest BCUT2D eigenvalue weighted by Crippen LogP contribution is -1.88. The summed E-state index contributed by atoms with van der Waals surface area (Å²) in [6.07, 6.45) is 5.48. The molecule has 0 aliphatic carbocycles. The van der Waals surface area contributed by atoms with Crippen LogP contribution in [0.15, 0.2) is 11.6 Å². The fourth-order valence-electron chi connectivity index (χ4n) is 0.787. The van der Waals surface area contributed by atoms with Crippen LogP contribution >= 0.6 is 0 Å². The van der Waals surface area contributed by atoms with Crippen molar-refractivity contribution in [1.82, 2.24) is 0 Å². The van der Waals surface area contributed by atoms with Gasteiger partial charge in [0.15, 0.2) is 0 Å². The van der Waals surface area contributed by atoms with Crippen molar-refractivity contribution < 1.29 is 9.53 Å². The maximum Gasteiger partial charge on any atom is 0.293 e. The van der Waals surface area contributed by atoms with Crippen LogP contribution in [0, 0.1) is 0 Å². The zero-order valence-electron chi connectivity index (χ0n) is 7.30. The van der Waals surface area contributed by atoms with Crippen LogP contribution in [0.5, 0.6) is 0 Å². The summed E-state index contributed by atoms with van der Waals surface area (Å²) >= 11 is 0. The van der Waals surface area contributed by atoms with Gasteiger partial charge in [0.1, 0.15) is 6.61 Å². The van der Waals surface area contributed by atoms with E-state index in [1.54, 1.807) is 0 Å². The van der Waals surface area contributed by atoms with Crippen LogP contribution in [0.3, 0.4) is 0 Å². The van der Waals surface area contributed by atoms with Crippen molar-refractivity contribution in [1.29, 1.82) is 0 Å².